The normalized spacial score (nSPS) is 16.6. The molecular formula is C26H29F2N7O2. The number of rotatable bonds is 7. The third-order valence-corrected chi connectivity index (χ3v) is 6.36. The standard InChI is InChI=1S/C26H29F2N7O2/c1-15(2)35-16(3)31-25-20(27)8-18(9-22(25)35)24-21(28)11-30-26(33-24)32-23-5-4-17(10-29-23)12-34-6-7-37-19(13-34)14-36/h4-5,8-11,15,19,36H,6-7,12-14H2,1-3H3,(H,29,30,32,33)/t19-/m1/s1. The number of hydrogen-bond donors (Lipinski definition) is 2. The third kappa shape index (κ3) is 5.29. The maximum Gasteiger partial charge on any atom is 0.229 e. The van der Waals surface area contributed by atoms with Gasteiger partial charge in [0.25, 0.3) is 0 Å². The summed E-state index contributed by atoms with van der Waals surface area (Å²) >= 11 is 0. The van der Waals surface area contributed by atoms with Crippen LogP contribution in [0.1, 0.15) is 31.3 Å². The van der Waals surface area contributed by atoms with E-state index in [0.717, 1.165) is 18.3 Å². The number of aliphatic hydroxyl groups is 1. The zero-order valence-corrected chi connectivity index (χ0v) is 20.9. The van der Waals surface area contributed by atoms with Gasteiger partial charge >= 0.3 is 0 Å². The van der Waals surface area contributed by atoms with Crippen molar-refractivity contribution in [3.05, 3.63) is 59.7 Å². The van der Waals surface area contributed by atoms with Crippen molar-refractivity contribution < 1.29 is 18.6 Å². The van der Waals surface area contributed by atoms with Gasteiger partial charge in [0.15, 0.2) is 11.6 Å². The maximum absolute atomic E-state index is 14.9. The number of benzene rings is 1. The highest BCUT2D eigenvalue weighted by atomic mass is 19.1. The van der Waals surface area contributed by atoms with Gasteiger partial charge < -0.3 is 19.7 Å². The quantitative estimate of drug-likeness (QED) is 0.386. The number of aromatic nitrogens is 5. The number of anilines is 2. The molecule has 0 amide bonds. The molecule has 2 N–H and O–H groups in total. The maximum atomic E-state index is 14.9. The molecule has 0 aliphatic carbocycles. The number of fused-ring (bicyclic) bond motifs is 1. The Morgan fingerprint density at radius 1 is 1.14 bits per heavy atom. The Labute approximate surface area is 213 Å². The van der Waals surface area contributed by atoms with E-state index < -0.39 is 11.6 Å². The molecule has 1 saturated heterocycles. The molecule has 1 atom stereocenters. The van der Waals surface area contributed by atoms with Crippen LogP contribution in [0.2, 0.25) is 0 Å². The molecule has 1 aromatic carbocycles. The van der Waals surface area contributed by atoms with Gasteiger partial charge in [-0.15, -0.1) is 0 Å². The summed E-state index contributed by atoms with van der Waals surface area (Å²) in [6.07, 6.45) is 2.63. The van der Waals surface area contributed by atoms with Crippen LogP contribution in [-0.2, 0) is 11.3 Å². The van der Waals surface area contributed by atoms with Crippen molar-refractivity contribution in [2.45, 2.75) is 39.5 Å². The average Bonchev–Trinajstić information content (AvgIpc) is 3.23. The van der Waals surface area contributed by atoms with Crippen LogP contribution in [0.25, 0.3) is 22.3 Å². The highest BCUT2D eigenvalue weighted by Crippen LogP contribution is 2.30. The minimum absolute atomic E-state index is 0.00123. The first-order valence-corrected chi connectivity index (χ1v) is 12.2. The van der Waals surface area contributed by atoms with Crippen LogP contribution in [-0.4, -0.2) is 66.9 Å². The van der Waals surface area contributed by atoms with Gasteiger partial charge in [-0.25, -0.2) is 28.7 Å². The van der Waals surface area contributed by atoms with E-state index in [9.17, 15) is 13.9 Å². The second-order valence-electron chi connectivity index (χ2n) is 9.43. The van der Waals surface area contributed by atoms with Gasteiger partial charge in [-0.05, 0) is 44.5 Å². The Bertz CT molecular complexity index is 1410. The molecule has 4 aromatic rings. The van der Waals surface area contributed by atoms with Crippen LogP contribution < -0.4 is 5.32 Å². The molecule has 1 fully saturated rings. The van der Waals surface area contributed by atoms with Crippen molar-refractivity contribution in [3.8, 4) is 11.3 Å². The van der Waals surface area contributed by atoms with Gasteiger partial charge in [0.2, 0.25) is 5.95 Å². The number of aryl methyl sites for hydroxylation is 1. The number of nitrogens with zero attached hydrogens (tertiary/aromatic N) is 6. The van der Waals surface area contributed by atoms with Crippen molar-refractivity contribution >= 4 is 22.8 Å². The molecule has 0 saturated carbocycles. The van der Waals surface area contributed by atoms with Crippen molar-refractivity contribution in [2.75, 3.05) is 31.6 Å². The van der Waals surface area contributed by atoms with E-state index >= 15 is 0 Å². The number of pyridine rings is 1. The van der Waals surface area contributed by atoms with E-state index in [1.54, 1.807) is 18.3 Å². The molecule has 0 unspecified atom stereocenters. The number of ether oxygens (including phenoxy) is 1. The summed E-state index contributed by atoms with van der Waals surface area (Å²) < 4.78 is 37.1. The summed E-state index contributed by atoms with van der Waals surface area (Å²) in [4.78, 5) is 19.3. The largest absolute Gasteiger partial charge is 0.394 e. The summed E-state index contributed by atoms with van der Waals surface area (Å²) in [7, 11) is 0. The molecule has 11 heteroatoms. The summed E-state index contributed by atoms with van der Waals surface area (Å²) in [5, 5.41) is 12.3. The SMILES string of the molecule is Cc1nc2c(F)cc(-c3nc(Nc4ccc(CN5CCO[C@@H](CO)C5)cn4)ncc3F)cc2n1C(C)C. The molecule has 0 spiro atoms. The summed E-state index contributed by atoms with van der Waals surface area (Å²) in [5.74, 6) is 0.122. The predicted molar refractivity (Wildman–Crippen MR) is 135 cm³/mol. The molecular weight excluding hydrogens is 480 g/mol. The second kappa shape index (κ2) is 10.4. The highest BCUT2D eigenvalue weighted by molar-refractivity contribution is 5.83. The Morgan fingerprint density at radius 2 is 1.97 bits per heavy atom. The lowest BCUT2D eigenvalue weighted by Crippen LogP contribution is -2.43. The molecule has 0 radical (unpaired) electrons. The van der Waals surface area contributed by atoms with Gasteiger partial charge in [0, 0.05) is 37.4 Å². The van der Waals surface area contributed by atoms with Crippen LogP contribution >= 0.6 is 0 Å². The molecule has 4 heterocycles. The summed E-state index contributed by atoms with van der Waals surface area (Å²) in [6, 6.07) is 6.73. The number of hydrogen-bond acceptors (Lipinski definition) is 8. The van der Waals surface area contributed by atoms with Gasteiger partial charge in [-0.1, -0.05) is 6.07 Å². The Hall–Kier alpha value is -3.54. The van der Waals surface area contributed by atoms with E-state index in [1.807, 2.05) is 31.4 Å². The first kappa shape index (κ1) is 25.1. The third-order valence-electron chi connectivity index (χ3n) is 6.36. The fraction of sp³-hybridized carbons (Fsp3) is 0.385. The summed E-state index contributed by atoms with van der Waals surface area (Å²) in [6.45, 7) is 8.49. The topological polar surface area (TPSA) is 101 Å². The molecule has 5 rings (SSSR count). The number of halogens is 2. The predicted octanol–water partition coefficient (Wildman–Crippen LogP) is 3.99. The number of morpholine rings is 1. The number of aliphatic hydroxyl groups excluding tert-OH is 1. The van der Waals surface area contributed by atoms with E-state index in [4.69, 9.17) is 4.74 Å². The highest BCUT2D eigenvalue weighted by Gasteiger charge is 2.20. The first-order chi connectivity index (χ1) is 17.8. The molecule has 0 bridgehead atoms. The first-order valence-electron chi connectivity index (χ1n) is 12.2. The zero-order chi connectivity index (χ0) is 26.1. The van der Waals surface area contributed by atoms with Gasteiger partial charge in [0.1, 0.15) is 22.9 Å². The number of nitrogens with one attached hydrogen (secondary N) is 1. The van der Waals surface area contributed by atoms with Crippen LogP contribution in [0.5, 0.6) is 0 Å². The van der Waals surface area contributed by atoms with Gasteiger partial charge in [0.05, 0.1) is 31.0 Å². The van der Waals surface area contributed by atoms with Gasteiger partial charge in [-0.2, -0.15) is 0 Å². The van der Waals surface area contributed by atoms with Crippen molar-refractivity contribution in [3.63, 3.8) is 0 Å². The van der Waals surface area contributed by atoms with Crippen LogP contribution in [0.15, 0.2) is 36.7 Å². The Morgan fingerprint density at radius 3 is 2.70 bits per heavy atom. The lowest BCUT2D eigenvalue weighted by molar-refractivity contribution is -0.0551. The minimum atomic E-state index is -0.661. The van der Waals surface area contributed by atoms with E-state index in [1.165, 1.54) is 6.07 Å². The molecule has 1 aliphatic heterocycles. The van der Waals surface area contributed by atoms with Crippen molar-refractivity contribution in [1.82, 2.24) is 29.4 Å². The van der Waals surface area contributed by atoms with Crippen LogP contribution in [0.3, 0.4) is 0 Å². The lowest BCUT2D eigenvalue weighted by atomic mass is 10.1. The Kier molecular flexibility index (Phi) is 7.09. The smallest absolute Gasteiger partial charge is 0.229 e. The van der Waals surface area contributed by atoms with Crippen molar-refractivity contribution in [2.24, 2.45) is 0 Å². The zero-order valence-electron chi connectivity index (χ0n) is 20.9. The fourth-order valence-corrected chi connectivity index (χ4v) is 4.69. The Balaban J connectivity index is 1.36. The molecule has 3 aromatic heterocycles. The second-order valence-corrected chi connectivity index (χ2v) is 9.43. The van der Waals surface area contributed by atoms with Gasteiger partial charge in [-0.3, -0.25) is 4.90 Å². The lowest BCUT2D eigenvalue weighted by Gasteiger charge is -2.31. The minimum Gasteiger partial charge on any atom is -0.394 e. The molecule has 1 aliphatic rings. The van der Waals surface area contributed by atoms with E-state index in [2.05, 4.69) is 30.2 Å². The van der Waals surface area contributed by atoms with Crippen molar-refractivity contribution in [1.29, 1.82) is 0 Å². The van der Waals surface area contributed by atoms with Crippen LogP contribution in [0, 0.1) is 18.6 Å². The molecule has 9 nitrogen and oxygen atoms in total. The van der Waals surface area contributed by atoms with E-state index in [0.29, 0.717) is 42.4 Å². The fourth-order valence-electron chi connectivity index (χ4n) is 4.69. The van der Waals surface area contributed by atoms with E-state index in [-0.39, 0.29) is 35.9 Å². The number of imidazole rings is 1. The average molecular weight is 510 g/mol. The monoisotopic (exact) mass is 509 g/mol. The molecule has 194 valence electrons. The van der Waals surface area contributed by atoms with Crippen LogP contribution in [0.4, 0.5) is 20.5 Å². The molecule has 37 heavy (non-hydrogen) atoms. The summed E-state index contributed by atoms with van der Waals surface area (Å²) in [5.41, 5.74) is 2.11.